The Balaban J connectivity index is 1.36. The van der Waals surface area contributed by atoms with E-state index in [0.717, 1.165) is 40.7 Å². The molecule has 2 N–H and O–H groups in total. The Labute approximate surface area is 197 Å². The van der Waals surface area contributed by atoms with Gasteiger partial charge < -0.3 is 15.2 Å². The van der Waals surface area contributed by atoms with Crippen molar-refractivity contribution in [3.63, 3.8) is 0 Å². The van der Waals surface area contributed by atoms with Gasteiger partial charge in [0.25, 0.3) is 5.91 Å². The normalized spacial score (nSPS) is 16.0. The van der Waals surface area contributed by atoms with Crippen LogP contribution in [0.5, 0.6) is 0 Å². The lowest BCUT2D eigenvalue weighted by molar-refractivity contribution is -0.131. The monoisotopic (exact) mass is 457 g/mol. The molecule has 4 heterocycles. The summed E-state index contributed by atoms with van der Waals surface area (Å²) in [6.07, 6.45) is 5.83. The molecule has 1 aliphatic heterocycles. The molecule has 1 saturated carbocycles. The quantitative estimate of drug-likeness (QED) is 0.590. The van der Waals surface area contributed by atoms with E-state index in [9.17, 15) is 14.4 Å². The molecule has 2 aliphatic rings. The fourth-order valence-corrected chi connectivity index (χ4v) is 3.99. The number of rotatable bonds is 6. The smallest absolute Gasteiger partial charge is 0.270 e. The first kappa shape index (κ1) is 22.0. The van der Waals surface area contributed by atoms with Crippen LogP contribution in [0.3, 0.4) is 0 Å². The number of carbonyl (C=O) groups excluding carboxylic acids is 3. The Bertz CT molecular complexity index is 1350. The van der Waals surface area contributed by atoms with E-state index in [0.29, 0.717) is 18.8 Å². The highest BCUT2D eigenvalue weighted by Gasteiger charge is 2.35. The Kier molecular flexibility index (Phi) is 5.31. The first-order chi connectivity index (χ1) is 16.2. The van der Waals surface area contributed by atoms with Crippen molar-refractivity contribution in [3.8, 4) is 11.3 Å². The molecule has 0 atom stereocenters. The third-order valence-corrected chi connectivity index (χ3v) is 6.56. The van der Waals surface area contributed by atoms with Gasteiger partial charge in [-0.05, 0) is 63.5 Å². The van der Waals surface area contributed by atoms with Gasteiger partial charge >= 0.3 is 0 Å². The number of carbonyl (C=O) groups is 3. The average molecular weight is 458 g/mol. The Morgan fingerprint density at radius 2 is 1.97 bits per heavy atom. The van der Waals surface area contributed by atoms with Crippen LogP contribution in [-0.2, 0) is 9.59 Å². The number of aromatic amines is 1. The minimum Gasteiger partial charge on any atom is -0.339 e. The molecule has 8 heteroatoms. The average Bonchev–Trinajstić information content (AvgIpc) is 3.38. The van der Waals surface area contributed by atoms with E-state index in [1.54, 1.807) is 32.2 Å². The summed E-state index contributed by atoms with van der Waals surface area (Å²) in [6, 6.07) is 9.23. The minimum absolute atomic E-state index is 0.132. The summed E-state index contributed by atoms with van der Waals surface area (Å²) in [5.41, 5.74) is 3.47. The Hall–Kier alpha value is -3.81. The summed E-state index contributed by atoms with van der Waals surface area (Å²) in [7, 11) is 0. The van der Waals surface area contributed by atoms with Gasteiger partial charge in [0.1, 0.15) is 11.3 Å². The van der Waals surface area contributed by atoms with Gasteiger partial charge in [0.05, 0.1) is 11.2 Å². The van der Waals surface area contributed by atoms with Crippen LogP contribution in [0.15, 0.2) is 42.6 Å². The van der Waals surface area contributed by atoms with E-state index >= 15 is 0 Å². The third kappa shape index (κ3) is 4.23. The van der Waals surface area contributed by atoms with Crippen LogP contribution in [0.2, 0.25) is 0 Å². The second-order valence-electron chi connectivity index (χ2n) is 9.61. The molecule has 1 fully saturated rings. The Morgan fingerprint density at radius 1 is 1.18 bits per heavy atom. The number of pyridine rings is 2. The molecule has 0 bridgehead atoms. The van der Waals surface area contributed by atoms with Crippen LogP contribution >= 0.6 is 0 Å². The van der Waals surface area contributed by atoms with E-state index in [-0.39, 0.29) is 23.3 Å². The van der Waals surface area contributed by atoms with Crippen LogP contribution in [0.25, 0.3) is 27.9 Å². The third-order valence-electron chi connectivity index (χ3n) is 6.56. The van der Waals surface area contributed by atoms with E-state index in [2.05, 4.69) is 26.3 Å². The fraction of sp³-hybridized carbons (Fsp3) is 0.346. The highest BCUT2D eigenvalue weighted by molar-refractivity contribution is 5.98. The van der Waals surface area contributed by atoms with E-state index in [1.807, 2.05) is 23.1 Å². The van der Waals surface area contributed by atoms with Gasteiger partial charge in [-0.15, -0.1) is 0 Å². The lowest BCUT2D eigenvalue weighted by Gasteiger charge is -2.22. The maximum Gasteiger partial charge on any atom is 0.270 e. The predicted molar refractivity (Wildman–Crippen MR) is 129 cm³/mol. The number of ketones is 1. The number of Topliss-reactive ketones (excluding diaryl/α,β-unsaturated/α-hetero) is 1. The van der Waals surface area contributed by atoms with Gasteiger partial charge in [0.15, 0.2) is 5.78 Å². The molecule has 0 saturated heterocycles. The fourth-order valence-electron chi connectivity index (χ4n) is 3.99. The lowest BCUT2D eigenvalue weighted by Crippen LogP contribution is -2.48. The van der Waals surface area contributed by atoms with E-state index in [1.165, 1.54) is 6.92 Å². The molecular weight excluding hydrogens is 430 g/mol. The maximum absolute atomic E-state index is 12.7. The van der Waals surface area contributed by atoms with Gasteiger partial charge in [-0.2, -0.15) is 0 Å². The molecular formula is C26H27N5O3. The van der Waals surface area contributed by atoms with Crippen molar-refractivity contribution in [2.24, 2.45) is 5.92 Å². The number of aromatic nitrogens is 3. The van der Waals surface area contributed by atoms with Gasteiger partial charge in [-0.3, -0.25) is 14.4 Å². The van der Waals surface area contributed by atoms with Crippen LogP contribution < -0.4 is 5.32 Å². The second-order valence-corrected chi connectivity index (χ2v) is 9.61. The van der Waals surface area contributed by atoms with Gasteiger partial charge in [0.2, 0.25) is 5.91 Å². The van der Waals surface area contributed by atoms with Crippen LogP contribution in [0.1, 0.15) is 49.8 Å². The molecule has 1 aliphatic carbocycles. The SMILES string of the molecule is CC(=O)C(C)(C)NC(=O)c1cccc(-c2cnc3[nH]c(C4=CCN(C(=O)C5CC5)C4)cc3c2)n1. The molecule has 0 aromatic carbocycles. The zero-order chi connectivity index (χ0) is 24.0. The van der Waals surface area contributed by atoms with Crippen molar-refractivity contribution in [1.82, 2.24) is 25.2 Å². The Morgan fingerprint density at radius 3 is 2.71 bits per heavy atom. The highest BCUT2D eigenvalue weighted by Crippen LogP contribution is 2.33. The first-order valence-corrected chi connectivity index (χ1v) is 11.5. The number of H-pyrrole nitrogens is 1. The number of nitrogens with one attached hydrogen (secondary N) is 2. The van der Waals surface area contributed by atoms with Crippen molar-refractivity contribution in [2.75, 3.05) is 13.1 Å². The molecule has 0 spiro atoms. The van der Waals surface area contributed by atoms with E-state index < -0.39 is 11.4 Å². The number of amides is 2. The van der Waals surface area contributed by atoms with Gasteiger partial charge in [0, 0.05) is 41.8 Å². The number of fused-ring (bicyclic) bond motifs is 1. The zero-order valence-electron chi connectivity index (χ0n) is 19.5. The topological polar surface area (TPSA) is 108 Å². The summed E-state index contributed by atoms with van der Waals surface area (Å²) in [6.45, 7) is 6.04. The first-order valence-electron chi connectivity index (χ1n) is 11.5. The van der Waals surface area contributed by atoms with Crippen molar-refractivity contribution < 1.29 is 14.4 Å². The summed E-state index contributed by atoms with van der Waals surface area (Å²) in [5.74, 6) is -0.0613. The van der Waals surface area contributed by atoms with Crippen molar-refractivity contribution in [1.29, 1.82) is 0 Å². The maximum atomic E-state index is 12.7. The lowest BCUT2D eigenvalue weighted by atomic mass is 10.0. The van der Waals surface area contributed by atoms with Crippen LogP contribution in [0.4, 0.5) is 0 Å². The van der Waals surface area contributed by atoms with Crippen molar-refractivity contribution in [3.05, 3.63) is 54.0 Å². The van der Waals surface area contributed by atoms with Crippen molar-refractivity contribution in [2.45, 2.75) is 39.2 Å². The summed E-state index contributed by atoms with van der Waals surface area (Å²) >= 11 is 0. The number of hydrogen-bond donors (Lipinski definition) is 2. The molecule has 3 aromatic rings. The van der Waals surface area contributed by atoms with Crippen LogP contribution in [0, 0.1) is 5.92 Å². The molecule has 8 nitrogen and oxygen atoms in total. The van der Waals surface area contributed by atoms with Crippen LogP contribution in [-0.4, -0.2) is 56.1 Å². The molecule has 0 unspecified atom stereocenters. The largest absolute Gasteiger partial charge is 0.339 e. The predicted octanol–water partition coefficient (Wildman–Crippen LogP) is 3.36. The molecule has 174 valence electrons. The highest BCUT2D eigenvalue weighted by atomic mass is 16.2. The van der Waals surface area contributed by atoms with Gasteiger partial charge in [-0.1, -0.05) is 12.1 Å². The molecule has 5 rings (SSSR count). The minimum atomic E-state index is -0.968. The zero-order valence-corrected chi connectivity index (χ0v) is 19.5. The number of hydrogen-bond acceptors (Lipinski definition) is 5. The molecule has 0 radical (unpaired) electrons. The summed E-state index contributed by atoms with van der Waals surface area (Å²) in [5, 5.41) is 3.66. The standard InChI is InChI=1S/C26H27N5O3/c1-15(32)26(2,3)30-24(33)21-6-4-5-20(28-21)19-11-18-12-22(29-23(18)27-13-19)17-9-10-31(14-17)25(34)16-7-8-16/h4-6,9,11-13,16H,7-8,10,14H2,1-3H3,(H,27,29)(H,30,33). The molecule has 3 aromatic heterocycles. The number of nitrogens with zero attached hydrogens (tertiary/aromatic N) is 3. The van der Waals surface area contributed by atoms with Gasteiger partial charge in [-0.25, -0.2) is 9.97 Å². The molecule has 2 amide bonds. The van der Waals surface area contributed by atoms with Crippen molar-refractivity contribution >= 4 is 34.2 Å². The molecule has 34 heavy (non-hydrogen) atoms. The second kappa shape index (κ2) is 8.20. The summed E-state index contributed by atoms with van der Waals surface area (Å²) in [4.78, 5) is 51.1. The summed E-state index contributed by atoms with van der Waals surface area (Å²) < 4.78 is 0. The van der Waals surface area contributed by atoms with E-state index in [4.69, 9.17) is 0 Å².